The third-order valence-electron chi connectivity index (χ3n) is 5.02. The van der Waals surface area contributed by atoms with E-state index in [9.17, 15) is 30.7 Å². The molecule has 0 unspecified atom stereocenters. The van der Waals surface area contributed by atoms with Gasteiger partial charge in [0.2, 0.25) is 0 Å². The van der Waals surface area contributed by atoms with E-state index in [1.54, 1.807) is 0 Å². The van der Waals surface area contributed by atoms with Gasteiger partial charge in [-0.05, 0) is 58.8 Å². The zero-order chi connectivity index (χ0) is 25.8. The quantitative estimate of drug-likeness (QED) is 0.169. The predicted molar refractivity (Wildman–Crippen MR) is 125 cm³/mol. The van der Waals surface area contributed by atoms with Crippen LogP contribution in [0.3, 0.4) is 0 Å². The fourth-order valence-electron chi connectivity index (χ4n) is 3.49. The predicted octanol–water partition coefficient (Wildman–Crippen LogP) is 5.28. The van der Waals surface area contributed by atoms with Gasteiger partial charge in [-0.15, -0.1) is 0 Å². The van der Waals surface area contributed by atoms with Crippen LogP contribution in [0.5, 0.6) is 0 Å². The molecule has 0 aliphatic heterocycles. The number of Topliss-reactive ketones (excluding diaryl/α,β-unsaturated/α-hetero) is 1. The van der Waals surface area contributed by atoms with Crippen molar-refractivity contribution in [1.82, 2.24) is 0 Å². The Morgan fingerprint density at radius 1 is 0.800 bits per heavy atom. The van der Waals surface area contributed by atoms with E-state index in [0.29, 0.717) is 12.0 Å². The molecule has 35 heavy (non-hydrogen) atoms. The Labute approximate surface area is 199 Å². The van der Waals surface area contributed by atoms with Gasteiger partial charge in [0.15, 0.2) is 5.78 Å². The number of ketones is 1. The first-order valence-corrected chi connectivity index (χ1v) is 12.6. The number of azide groups is 2. The van der Waals surface area contributed by atoms with Crippen molar-refractivity contribution in [1.29, 1.82) is 0 Å². The number of carbonyl (C=O) groups excluding carboxylic acids is 1. The fourth-order valence-corrected chi connectivity index (χ4v) is 4.87. The van der Waals surface area contributed by atoms with Crippen LogP contribution < -0.4 is 0 Å². The van der Waals surface area contributed by atoms with Crippen LogP contribution in [-0.4, -0.2) is 31.7 Å². The van der Waals surface area contributed by atoms with Crippen molar-refractivity contribution in [3.05, 3.63) is 79.6 Å². The number of hydrogen-bond acceptors (Lipinski definition) is 7. The summed E-state index contributed by atoms with van der Waals surface area (Å²) >= 11 is 0. The summed E-state index contributed by atoms with van der Waals surface area (Å²) in [7, 11) is -9.33. The maximum Gasteiger partial charge on any atom is 0.295 e. The van der Waals surface area contributed by atoms with Gasteiger partial charge in [-0.2, -0.15) is 16.8 Å². The van der Waals surface area contributed by atoms with Crippen molar-refractivity contribution in [2.45, 2.75) is 29.1 Å². The summed E-state index contributed by atoms with van der Waals surface area (Å²) in [6.07, 6.45) is 3.16. The van der Waals surface area contributed by atoms with Crippen LogP contribution in [0.1, 0.15) is 30.4 Å². The minimum atomic E-state index is -4.68. The molecule has 3 rings (SSSR count). The van der Waals surface area contributed by atoms with Crippen LogP contribution in [0, 0.1) is 0 Å². The molecule has 0 spiro atoms. The van der Waals surface area contributed by atoms with E-state index in [0.717, 1.165) is 12.1 Å². The summed E-state index contributed by atoms with van der Waals surface area (Å²) in [6, 6.07) is 7.30. The van der Waals surface area contributed by atoms with Gasteiger partial charge < -0.3 is 0 Å². The maximum absolute atomic E-state index is 12.7. The molecule has 0 heterocycles. The summed E-state index contributed by atoms with van der Waals surface area (Å²) in [4.78, 5) is 16.9. The monoisotopic (exact) mass is 516 g/mol. The van der Waals surface area contributed by atoms with Crippen LogP contribution in [0.2, 0.25) is 0 Å². The van der Waals surface area contributed by atoms with Crippen molar-refractivity contribution in [3.63, 3.8) is 0 Å². The van der Waals surface area contributed by atoms with Crippen LogP contribution in [0.4, 0.5) is 11.4 Å². The summed E-state index contributed by atoms with van der Waals surface area (Å²) in [6.45, 7) is 0. The van der Waals surface area contributed by atoms with E-state index in [4.69, 9.17) is 11.1 Å². The number of benzene rings is 2. The Kier molecular flexibility index (Phi) is 7.41. The Morgan fingerprint density at radius 3 is 1.71 bits per heavy atom. The second kappa shape index (κ2) is 10.1. The summed E-state index contributed by atoms with van der Waals surface area (Å²) in [5.41, 5.74) is 18.0. The topological polar surface area (TPSA) is 223 Å². The lowest BCUT2D eigenvalue weighted by molar-refractivity contribution is -0.115. The third kappa shape index (κ3) is 6.33. The van der Waals surface area contributed by atoms with Crippen LogP contribution in [0.25, 0.3) is 33.0 Å². The minimum Gasteiger partial charge on any atom is -0.294 e. The first-order valence-electron chi connectivity index (χ1n) is 9.69. The van der Waals surface area contributed by atoms with Gasteiger partial charge in [0.1, 0.15) is 9.79 Å². The van der Waals surface area contributed by atoms with Crippen molar-refractivity contribution in [2.24, 2.45) is 10.2 Å². The van der Waals surface area contributed by atoms with Gasteiger partial charge in [-0.1, -0.05) is 46.1 Å². The molecule has 180 valence electrons. The third-order valence-corrected chi connectivity index (χ3v) is 6.84. The average Bonchev–Trinajstić information content (AvgIpc) is 2.76. The molecular weight excluding hydrogens is 500 g/mol. The summed E-state index contributed by atoms with van der Waals surface area (Å²) in [5, 5.41) is 6.61. The van der Waals surface area contributed by atoms with Crippen molar-refractivity contribution in [2.75, 3.05) is 0 Å². The van der Waals surface area contributed by atoms with Gasteiger partial charge in [0.05, 0.1) is 0 Å². The molecule has 1 fully saturated rings. The minimum absolute atomic E-state index is 0.0201. The summed E-state index contributed by atoms with van der Waals surface area (Å²) < 4.78 is 66.1. The number of rotatable bonds is 6. The first-order chi connectivity index (χ1) is 16.4. The lowest BCUT2D eigenvalue weighted by Crippen LogP contribution is -2.11. The standard InChI is InChI=1S/C20H16N6O7S2/c21-25-23-16-5-3-14(19(10-16)34(28,29)30)7-12-1-2-13(18(27)8-12)9-15-4-6-17(24-26-22)11-20(15)35(31,32)33/h3-7,9-11H,1-2,8H2,(H,28,29,30)(H,31,32,33)/b12-7-,13-9+. The van der Waals surface area contributed by atoms with E-state index < -0.39 is 30.0 Å². The number of allylic oxidation sites excluding steroid dienone is 2. The Morgan fingerprint density at radius 2 is 1.29 bits per heavy atom. The molecule has 0 aromatic heterocycles. The van der Waals surface area contributed by atoms with Gasteiger partial charge in [-0.3, -0.25) is 13.9 Å². The SMILES string of the molecule is [N-]=[N+]=Nc1ccc(/C=C2/CC/C(=C\c3ccc(N=[N+]=[N-])cc3S(=O)(=O)O)C(=O)C2)c(S(=O)(=O)O)c1. The molecule has 0 bridgehead atoms. The highest BCUT2D eigenvalue weighted by Crippen LogP contribution is 2.32. The number of nitrogens with zero attached hydrogens (tertiary/aromatic N) is 6. The second-order valence-corrected chi connectivity index (χ2v) is 10.1. The van der Waals surface area contributed by atoms with Gasteiger partial charge in [0, 0.05) is 27.6 Å². The lowest BCUT2D eigenvalue weighted by atomic mass is 9.87. The molecule has 0 atom stereocenters. The van der Waals surface area contributed by atoms with Gasteiger partial charge >= 0.3 is 0 Å². The normalized spacial score (nSPS) is 16.6. The number of carbonyl (C=O) groups is 1. The smallest absolute Gasteiger partial charge is 0.294 e. The Balaban J connectivity index is 1.95. The fraction of sp³-hybridized carbons (Fsp3) is 0.150. The molecular formula is C20H16N6O7S2. The molecule has 15 heteroatoms. The Hall–Kier alpha value is -3.97. The average molecular weight is 517 g/mol. The second-order valence-electron chi connectivity index (χ2n) is 7.35. The van der Waals surface area contributed by atoms with E-state index in [1.807, 2.05) is 0 Å². The van der Waals surface area contributed by atoms with Crippen molar-refractivity contribution in [3.8, 4) is 0 Å². The highest BCUT2D eigenvalue weighted by molar-refractivity contribution is 7.86. The van der Waals surface area contributed by atoms with E-state index >= 15 is 0 Å². The molecule has 1 aliphatic rings. The van der Waals surface area contributed by atoms with E-state index in [2.05, 4.69) is 20.1 Å². The molecule has 0 amide bonds. The molecule has 0 radical (unpaired) electrons. The van der Waals surface area contributed by atoms with E-state index in [1.165, 1.54) is 36.4 Å². The van der Waals surface area contributed by atoms with Crippen molar-refractivity contribution < 1.29 is 30.7 Å². The lowest BCUT2D eigenvalue weighted by Gasteiger charge is -2.17. The number of hydrogen-bond donors (Lipinski definition) is 2. The zero-order valence-corrected chi connectivity index (χ0v) is 19.3. The molecule has 2 N–H and O–H groups in total. The van der Waals surface area contributed by atoms with E-state index in [-0.39, 0.29) is 46.7 Å². The van der Waals surface area contributed by atoms with Crippen LogP contribution >= 0.6 is 0 Å². The molecule has 2 aromatic carbocycles. The van der Waals surface area contributed by atoms with Crippen molar-refractivity contribution >= 4 is 49.5 Å². The zero-order valence-electron chi connectivity index (χ0n) is 17.7. The molecule has 0 saturated heterocycles. The largest absolute Gasteiger partial charge is 0.295 e. The maximum atomic E-state index is 12.7. The van der Waals surface area contributed by atoms with Gasteiger partial charge in [0.25, 0.3) is 20.2 Å². The highest BCUT2D eigenvalue weighted by Gasteiger charge is 2.22. The van der Waals surface area contributed by atoms with Crippen LogP contribution in [0.15, 0.2) is 67.6 Å². The first kappa shape index (κ1) is 25.6. The highest BCUT2D eigenvalue weighted by atomic mass is 32.2. The molecule has 1 saturated carbocycles. The molecule has 1 aliphatic carbocycles. The molecule has 13 nitrogen and oxygen atoms in total. The molecule has 2 aromatic rings. The Bertz CT molecular complexity index is 1600. The summed E-state index contributed by atoms with van der Waals surface area (Å²) in [5.74, 6) is -0.359. The van der Waals surface area contributed by atoms with Crippen LogP contribution in [-0.2, 0) is 25.0 Å². The van der Waals surface area contributed by atoms with Gasteiger partial charge in [-0.25, -0.2) is 0 Å².